The molecule has 0 radical (unpaired) electrons. The first-order valence-electron chi connectivity index (χ1n) is 6.84. The highest BCUT2D eigenvalue weighted by Gasteiger charge is 2.23. The molecule has 0 saturated heterocycles. The second kappa shape index (κ2) is 11.5. The van der Waals surface area contributed by atoms with E-state index in [9.17, 15) is 4.79 Å². The van der Waals surface area contributed by atoms with E-state index in [0.717, 1.165) is 0 Å². The minimum Gasteiger partial charge on any atom is -0.382 e. The van der Waals surface area contributed by atoms with Crippen molar-refractivity contribution in [3.05, 3.63) is 0 Å². The van der Waals surface area contributed by atoms with Crippen molar-refractivity contribution >= 4 is 18.3 Å². The van der Waals surface area contributed by atoms with Crippen LogP contribution in [0.2, 0.25) is 0 Å². The average Bonchev–Trinajstić information content (AvgIpc) is 2.42. The summed E-state index contributed by atoms with van der Waals surface area (Å²) in [4.78, 5) is 11.7. The van der Waals surface area contributed by atoms with Gasteiger partial charge in [-0.25, -0.2) is 0 Å². The van der Waals surface area contributed by atoms with Crippen molar-refractivity contribution in [2.24, 2.45) is 11.7 Å². The molecule has 114 valence electrons. The van der Waals surface area contributed by atoms with Crippen LogP contribution in [0.1, 0.15) is 32.1 Å². The monoisotopic (exact) mass is 294 g/mol. The van der Waals surface area contributed by atoms with E-state index in [2.05, 4.69) is 5.32 Å². The Kier molecular flexibility index (Phi) is 11.2. The molecule has 5 nitrogen and oxygen atoms in total. The van der Waals surface area contributed by atoms with Crippen molar-refractivity contribution in [3.63, 3.8) is 0 Å². The molecule has 1 fully saturated rings. The number of nitrogens with one attached hydrogen (secondary N) is 1. The maximum Gasteiger partial charge on any atom is 0.246 e. The number of carbonyl (C=O) groups is 1. The highest BCUT2D eigenvalue weighted by molar-refractivity contribution is 5.85. The largest absolute Gasteiger partial charge is 0.382 e. The summed E-state index contributed by atoms with van der Waals surface area (Å²) in [6.07, 6.45) is 6.16. The van der Waals surface area contributed by atoms with E-state index < -0.39 is 0 Å². The summed E-state index contributed by atoms with van der Waals surface area (Å²) >= 11 is 0. The zero-order chi connectivity index (χ0) is 13.2. The number of hydrogen-bond acceptors (Lipinski definition) is 4. The lowest BCUT2D eigenvalue weighted by molar-refractivity contribution is -0.127. The predicted octanol–water partition coefficient (Wildman–Crippen LogP) is 1.09. The number of carbonyl (C=O) groups excluding carboxylic acids is 1. The van der Waals surface area contributed by atoms with Gasteiger partial charge in [-0.05, 0) is 18.8 Å². The van der Waals surface area contributed by atoms with Gasteiger partial charge in [0, 0.05) is 19.7 Å². The fourth-order valence-corrected chi connectivity index (χ4v) is 2.46. The lowest BCUT2D eigenvalue weighted by atomic mass is 9.84. The van der Waals surface area contributed by atoms with Gasteiger partial charge in [0.1, 0.15) is 6.61 Å². The van der Waals surface area contributed by atoms with Gasteiger partial charge in [0.05, 0.1) is 13.2 Å². The van der Waals surface area contributed by atoms with Gasteiger partial charge in [-0.1, -0.05) is 19.3 Å². The van der Waals surface area contributed by atoms with Gasteiger partial charge in [-0.2, -0.15) is 0 Å². The van der Waals surface area contributed by atoms with Crippen molar-refractivity contribution in [1.29, 1.82) is 0 Å². The van der Waals surface area contributed by atoms with Crippen molar-refractivity contribution in [2.75, 3.05) is 33.5 Å². The van der Waals surface area contributed by atoms with E-state index in [-0.39, 0.29) is 31.0 Å². The van der Waals surface area contributed by atoms with Crippen LogP contribution in [0, 0.1) is 5.92 Å². The van der Waals surface area contributed by atoms with Gasteiger partial charge in [0.15, 0.2) is 0 Å². The Balaban J connectivity index is 0.00000324. The Morgan fingerprint density at radius 1 is 1.32 bits per heavy atom. The van der Waals surface area contributed by atoms with Gasteiger partial charge in [-0.3, -0.25) is 4.79 Å². The molecule has 0 spiro atoms. The van der Waals surface area contributed by atoms with Crippen molar-refractivity contribution in [2.45, 2.75) is 38.1 Å². The minimum absolute atomic E-state index is 0. The summed E-state index contributed by atoms with van der Waals surface area (Å²) in [5.41, 5.74) is 5.75. The van der Waals surface area contributed by atoms with E-state index >= 15 is 0 Å². The molecule has 1 saturated carbocycles. The van der Waals surface area contributed by atoms with E-state index in [1.165, 1.54) is 32.1 Å². The highest BCUT2D eigenvalue weighted by Crippen LogP contribution is 2.26. The second-order valence-corrected chi connectivity index (χ2v) is 4.85. The summed E-state index contributed by atoms with van der Waals surface area (Å²) < 4.78 is 10.0. The average molecular weight is 295 g/mol. The second-order valence-electron chi connectivity index (χ2n) is 4.85. The van der Waals surface area contributed by atoms with Gasteiger partial charge in [0.2, 0.25) is 5.91 Å². The summed E-state index contributed by atoms with van der Waals surface area (Å²) in [7, 11) is 1.61. The topological polar surface area (TPSA) is 73.6 Å². The smallest absolute Gasteiger partial charge is 0.246 e. The molecule has 1 atom stereocenters. The van der Waals surface area contributed by atoms with Crippen LogP contribution >= 0.6 is 12.4 Å². The first kappa shape index (κ1) is 18.6. The molecule has 0 aromatic heterocycles. The fourth-order valence-electron chi connectivity index (χ4n) is 2.46. The lowest BCUT2D eigenvalue weighted by Gasteiger charge is -2.30. The molecule has 0 heterocycles. The molecule has 1 unspecified atom stereocenters. The Morgan fingerprint density at radius 2 is 2.00 bits per heavy atom. The summed E-state index contributed by atoms with van der Waals surface area (Å²) in [5.74, 6) is 0.457. The standard InChI is InChI=1S/C13H26N2O3.ClH/c1-17-7-8-18-10-13(16)15-12(9-14)11-5-3-2-4-6-11;/h11-12H,2-10,14H2,1H3,(H,15,16);1H. The first-order chi connectivity index (χ1) is 8.77. The van der Waals surface area contributed by atoms with Gasteiger partial charge in [-0.15, -0.1) is 12.4 Å². The van der Waals surface area contributed by atoms with Crippen LogP contribution in [0.5, 0.6) is 0 Å². The zero-order valence-electron chi connectivity index (χ0n) is 11.7. The molecule has 1 rings (SSSR count). The third kappa shape index (κ3) is 7.72. The fraction of sp³-hybridized carbons (Fsp3) is 0.923. The van der Waals surface area contributed by atoms with Gasteiger partial charge >= 0.3 is 0 Å². The lowest BCUT2D eigenvalue weighted by Crippen LogP contribution is -2.47. The van der Waals surface area contributed by atoms with Crippen molar-refractivity contribution < 1.29 is 14.3 Å². The normalized spacial score (nSPS) is 17.6. The van der Waals surface area contributed by atoms with Crippen LogP contribution < -0.4 is 11.1 Å². The summed E-state index contributed by atoms with van der Waals surface area (Å²) in [6.45, 7) is 1.55. The number of amides is 1. The molecule has 0 aromatic carbocycles. The summed E-state index contributed by atoms with van der Waals surface area (Å²) in [5, 5.41) is 2.98. The van der Waals surface area contributed by atoms with Gasteiger partial charge in [0.25, 0.3) is 0 Å². The first-order valence-corrected chi connectivity index (χ1v) is 6.84. The molecule has 1 aliphatic carbocycles. The number of halogens is 1. The van der Waals surface area contributed by atoms with Crippen LogP contribution in [-0.2, 0) is 14.3 Å². The Bertz CT molecular complexity index is 236. The minimum atomic E-state index is -0.0767. The van der Waals surface area contributed by atoms with E-state index in [4.69, 9.17) is 15.2 Å². The molecule has 1 amide bonds. The third-order valence-electron chi connectivity index (χ3n) is 3.48. The molecule has 0 aliphatic heterocycles. The van der Waals surface area contributed by atoms with Crippen LogP contribution in [0.25, 0.3) is 0 Å². The number of hydrogen-bond donors (Lipinski definition) is 2. The maximum absolute atomic E-state index is 11.7. The third-order valence-corrected chi connectivity index (χ3v) is 3.48. The van der Waals surface area contributed by atoms with Gasteiger partial charge < -0.3 is 20.5 Å². The number of methoxy groups -OCH3 is 1. The molecule has 6 heteroatoms. The molecule has 3 N–H and O–H groups in total. The summed E-state index contributed by atoms with van der Waals surface area (Å²) in [6, 6.07) is 0.101. The van der Waals surface area contributed by atoms with E-state index in [1.807, 2.05) is 0 Å². The number of nitrogens with two attached hydrogens (primary N) is 1. The molecule has 0 aromatic rings. The molecular formula is C13H27ClN2O3. The molecular weight excluding hydrogens is 268 g/mol. The number of ether oxygens (including phenoxy) is 2. The van der Waals surface area contributed by atoms with Crippen LogP contribution in [0.3, 0.4) is 0 Å². The van der Waals surface area contributed by atoms with E-state index in [0.29, 0.717) is 25.7 Å². The predicted molar refractivity (Wildman–Crippen MR) is 77.5 cm³/mol. The van der Waals surface area contributed by atoms with Crippen molar-refractivity contribution in [1.82, 2.24) is 5.32 Å². The van der Waals surface area contributed by atoms with E-state index in [1.54, 1.807) is 7.11 Å². The number of rotatable bonds is 8. The van der Waals surface area contributed by atoms with Crippen LogP contribution in [0.15, 0.2) is 0 Å². The molecule has 0 bridgehead atoms. The van der Waals surface area contributed by atoms with Crippen molar-refractivity contribution in [3.8, 4) is 0 Å². The SMILES string of the molecule is COCCOCC(=O)NC(CN)C1CCCCC1.Cl. The quantitative estimate of drug-likeness (QED) is 0.657. The maximum atomic E-state index is 11.7. The zero-order valence-corrected chi connectivity index (χ0v) is 12.5. The molecule has 19 heavy (non-hydrogen) atoms. The highest BCUT2D eigenvalue weighted by atomic mass is 35.5. The Hall–Kier alpha value is -0.360. The van der Waals surface area contributed by atoms with Crippen LogP contribution in [-0.4, -0.2) is 45.4 Å². The Labute approximate surface area is 122 Å². The van der Waals surface area contributed by atoms with Crippen LogP contribution in [0.4, 0.5) is 0 Å². The Morgan fingerprint density at radius 3 is 2.58 bits per heavy atom. The molecule has 1 aliphatic rings.